The molecule has 1 atom stereocenters. The van der Waals surface area contributed by atoms with Crippen molar-refractivity contribution in [3.8, 4) is 5.75 Å². The summed E-state index contributed by atoms with van der Waals surface area (Å²) in [5.41, 5.74) is 3.57. The van der Waals surface area contributed by atoms with E-state index in [1.165, 1.54) is 36.9 Å². The van der Waals surface area contributed by atoms with Crippen LogP contribution in [-0.4, -0.2) is 22.6 Å². The van der Waals surface area contributed by atoms with Crippen molar-refractivity contribution in [2.75, 3.05) is 6.54 Å². The van der Waals surface area contributed by atoms with Gasteiger partial charge in [0.2, 0.25) is 0 Å². The molecule has 0 bridgehead atoms. The maximum absolute atomic E-state index is 6.27. The van der Waals surface area contributed by atoms with E-state index in [1.807, 2.05) is 0 Å². The number of imidazole rings is 1. The van der Waals surface area contributed by atoms with E-state index in [2.05, 4.69) is 39.6 Å². The molecule has 0 amide bonds. The number of hydrogen-bond donors (Lipinski definition) is 2. The summed E-state index contributed by atoms with van der Waals surface area (Å²) in [5.74, 6) is 1.01. The molecule has 2 aliphatic rings. The van der Waals surface area contributed by atoms with Gasteiger partial charge in [-0.3, -0.25) is 0 Å². The quantitative estimate of drug-likeness (QED) is 0.910. The normalized spacial score (nSPS) is 22.2. The summed E-state index contributed by atoms with van der Waals surface area (Å²) in [4.78, 5) is 7.77. The number of aromatic amines is 1. The van der Waals surface area contributed by atoms with E-state index >= 15 is 0 Å². The van der Waals surface area contributed by atoms with Crippen LogP contribution in [0.15, 0.2) is 30.6 Å². The number of nitrogens with zero attached hydrogens (tertiary/aromatic N) is 1. The Balaban J connectivity index is 1.66. The van der Waals surface area contributed by atoms with Gasteiger partial charge < -0.3 is 15.0 Å². The fourth-order valence-corrected chi connectivity index (χ4v) is 3.49. The number of nitrogens with one attached hydrogen (secondary N) is 2. The third-order valence-electron chi connectivity index (χ3n) is 4.57. The second-order valence-corrected chi connectivity index (χ2v) is 5.97. The number of fused-ring (bicyclic) bond motifs is 1. The largest absolute Gasteiger partial charge is 0.490 e. The Bertz CT molecular complexity index is 616. The first-order valence-corrected chi connectivity index (χ1v) is 7.93. The van der Waals surface area contributed by atoms with Crippen LogP contribution >= 0.6 is 0 Å². The molecule has 1 fully saturated rings. The molecule has 2 aromatic rings. The molecule has 1 aliphatic heterocycles. The first kappa shape index (κ1) is 12.9. The van der Waals surface area contributed by atoms with E-state index in [4.69, 9.17) is 4.74 Å². The number of para-hydroxylation sites is 1. The number of H-pyrrole nitrogens is 1. The van der Waals surface area contributed by atoms with Gasteiger partial charge in [-0.1, -0.05) is 18.2 Å². The molecule has 4 heteroatoms. The van der Waals surface area contributed by atoms with Gasteiger partial charge in [-0.25, -0.2) is 4.98 Å². The smallest absolute Gasteiger partial charge is 0.124 e. The second-order valence-electron chi connectivity index (χ2n) is 5.97. The molecule has 0 radical (unpaired) electrons. The molecule has 4 rings (SSSR count). The Morgan fingerprint density at radius 1 is 1.14 bits per heavy atom. The standard InChI is InChI=1S/C17H21N3O/c1-2-6-12(5-1)21-15-8-4-3-7-13(15)16-17-14(9-10-18-16)19-11-20-17/h3-4,7-8,11-12,16,18H,1-2,5-6,9-10H2,(H,19,20). The predicted molar refractivity (Wildman–Crippen MR) is 81.5 cm³/mol. The average molecular weight is 283 g/mol. The van der Waals surface area contributed by atoms with Gasteiger partial charge in [-0.05, 0) is 31.7 Å². The summed E-state index contributed by atoms with van der Waals surface area (Å²) in [5, 5.41) is 3.58. The van der Waals surface area contributed by atoms with Crippen LogP contribution in [0, 0.1) is 0 Å². The fourth-order valence-electron chi connectivity index (χ4n) is 3.49. The minimum Gasteiger partial charge on any atom is -0.490 e. The van der Waals surface area contributed by atoms with E-state index in [1.54, 1.807) is 6.33 Å². The molecule has 1 aromatic heterocycles. The zero-order valence-electron chi connectivity index (χ0n) is 12.1. The van der Waals surface area contributed by atoms with Gasteiger partial charge in [0.25, 0.3) is 0 Å². The molecule has 1 aliphatic carbocycles. The van der Waals surface area contributed by atoms with Gasteiger partial charge in [0.05, 0.1) is 24.2 Å². The first-order chi connectivity index (χ1) is 10.4. The molecular weight excluding hydrogens is 262 g/mol. The van der Waals surface area contributed by atoms with Crippen molar-refractivity contribution in [3.63, 3.8) is 0 Å². The van der Waals surface area contributed by atoms with Crippen LogP contribution in [0.2, 0.25) is 0 Å². The van der Waals surface area contributed by atoms with Crippen molar-refractivity contribution >= 4 is 0 Å². The number of ether oxygens (including phenoxy) is 1. The first-order valence-electron chi connectivity index (χ1n) is 7.93. The van der Waals surface area contributed by atoms with E-state index in [0.29, 0.717) is 6.10 Å². The number of aromatic nitrogens is 2. The van der Waals surface area contributed by atoms with Gasteiger partial charge in [0.15, 0.2) is 0 Å². The molecule has 2 N–H and O–H groups in total. The third kappa shape index (κ3) is 2.44. The summed E-state index contributed by atoms with van der Waals surface area (Å²) in [6.45, 7) is 0.970. The summed E-state index contributed by atoms with van der Waals surface area (Å²) in [7, 11) is 0. The molecule has 1 saturated carbocycles. The highest BCUT2D eigenvalue weighted by atomic mass is 16.5. The maximum atomic E-state index is 6.27. The van der Waals surface area contributed by atoms with Gasteiger partial charge in [0, 0.05) is 24.2 Å². The molecule has 4 nitrogen and oxygen atoms in total. The highest BCUT2D eigenvalue weighted by Crippen LogP contribution is 2.34. The average Bonchev–Trinajstić information content (AvgIpc) is 3.18. The molecule has 0 spiro atoms. The van der Waals surface area contributed by atoms with E-state index in [-0.39, 0.29) is 6.04 Å². The Hall–Kier alpha value is -1.81. The Labute approximate surface area is 124 Å². The van der Waals surface area contributed by atoms with Crippen LogP contribution in [0.3, 0.4) is 0 Å². The monoisotopic (exact) mass is 283 g/mol. The minimum absolute atomic E-state index is 0.137. The minimum atomic E-state index is 0.137. The maximum Gasteiger partial charge on any atom is 0.124 e. The Kier molecular flexibility index (Phi) is 3.39. The van der Waals surface area contributed by atoms with Crippen LogP contribution in [0.4, 0.5) is 0 Å². The zero-order chi connectivity index (χ0) is 14.1. The molecule has 0 saturated heterocycles. The molecule has 110 valence electrons. The van der Waals surface area contributed by atoms with Gasteiger partial charge >= 0.3 is 0 Å². The third-order valence-corrected chi connectivity index (χ3v) is 4.57. The van der Waals surface area contributed by atoms with Gasteiger partial charge in [0.1, 0.15) is 5.75 Å². The van der Waals surface area contributed by atoms with Crippen LogP contribution in [0.25, 0.3) is 0 Å². The van der Waals surface area contributed by atoms with Crippen molar-refractivity contribution in [1.29, 1.82) is 0 Å². The summed E-state index contributed by atoms with van der Waals surface area (Å²) in [6.07, 6.45) is 8.13. The lowest BCUT2D eigenvalue weighted by Gasteiger charge is -2.26. The highest BCUT2D eigenvalue weighted by molar-refractivity contribution is 5.42. The number of hydrogen-bond acceptors (Lipinski definition) is 3. The lowest BCUT2D eigenvalue weighted by atomic mass is 9.97. The van der Waals surface area contributed by atoms with Gasteiger partial charge in [-0.15, -0.1) is 0 Å². The van der Waals surface area contributed by atoms with E-state index in [9.17, 15) is 0 Å². The summed E-state index contributed by atoms with van der Waals surface area (Å²) >= 11 is 0. The fraction of sp³-hybridized carbons (Fsp3) is 0.471. The van der Waals surface area contributed by atoms with Crippen LogP contribution in [-0.2, 0) is 6.42 Å². The molecular formula is C17H21N3O. The lowest BCUT2D eigenvalue weighted by Crippen LogP contribution is -2.31. The molecule has 2 heterocycles. The second kappa shape index (κ2) is 5.53. The van der Waals surface area contributed by atoms with Gasteiger partial charge in [-0.2, -0.15) is 0 Å². The topological polar surface area (TPSA) is 49.9 Å². The molecule has 21 heavy (non-hydrogen) atoms. The predicted octanol–water partition coefficient (Wildman–Crippen LogP) is 2.97. The SMILES string of the molecule is c1ccc(C2NCCc3[nH]cnc32)c(OC2CCCC2)c1. The van der Waals surface area contributed by atoms with Crippen LogP contribution < -0.4 is 10.1 Å². The van der Waals surface area contributed by atoms with E-state index in [0.717, 1.165) is 24.4 Å². The van der Waals surface area contributed by atoms with Crippen LogP contribution in [0.5, 0.6) is 5.75 Å². The van der Waals surface area contributed by atoms with Crippen LogP contribution in [0.1, 0.15) is 48.7 Å². The van der Waals surface area contributed by atoms with Crippen molar-refractivity contribution in [2.45, 2.75) is 44.2 Å². The summed E-state index contributed by atoms with van der Waals surface area (Å²) < 4.78 is 6.27. The molecule has 1 aromatic carbocycles. The highest BCUT2D eigenvalue weighted by Gasteiger charge is 2.27. The zero-order valence-corrected chi connectivity index (χ0v) is 12.1. The van der Waals surface area contributed by atoms with E-state index < -0.39 is 0 Å². The Morgan fingerprint density at radius 2 is 2.00 bits per heavy atom. The Morgan fingerprint density at radius 3 is 2.90 bits per heavy atom. The number of rotatable bonds is 3. The number of benzene rings is 1. The van der Waals surface area contributed by atoms with Crippen molar-refractivity contribution in [2.24, 2.45) is 0 Å². The summed E-state index contributed by atoms with van der Waals surface area (Å²) in [6, 6.07) is 8.53. The van der Waals surface area contributed by atoms with Crippen molar-refractivity contribution in [3.05, 3.63) is 47.5 Å². The lowest BCUT2D eigenvalue weighted by molar-refractivity contribution is 0.206. The van der Waals surface area contributed by atoms with Crippen molar-refractivity contribution < 1.29 is 4.74 Å². The van der Waals surface area contributed by atoms with Crippen molar-refractivity contribution in [1.82, 2.24) is 15.3 Å². The molecule has 1 unspecified atom stereocenters.